The Bertz CT molecular complexity index is 1210. The molecule has 2 aromatic carbocycles. The Morgan fingerprint density at radius 1 is 1.06 bits per heavy atom. The van der Waals surface area contributed by atoms with Gasteiger partial charge in [0.2, 0.25) is 11.5 Å². The summed E-state index contributed by atoms with van der Waals surface area (Å²) in [6, 6.07) is 16.0. The summed E-state index contributed by atoms with van der Waals surface area (Å²) >= 11 is 0. The highest BCUT2D eigenvalue weighted by Crippen LogP contribution is 2.44. The molecule has 1 aliphatic heterocycles. The van der Waals surface area contributed by atoms with E-state index >= 15 is 0 Å². The van der Waals surface area contributed by atoms with Gasteiger partial charge in [0.05, 0.1) is 5.92 Å². The molecule has 0 bridgehead atoms. The molecule has 174 valence electrons. The topological polar surface area (TPSA) is 135 Å². The molecule has 1 aromatic heterocycles. The summed E-state index contributed by atoms with van der Waals surface area (Å²) in [5.41, 5.74) is 4.19. The van der Waals surface area contributed by atoms with Crippen LogP contribution in [0.2, 0.25) is 0 Å². The van der Waals surface area contributed by atoms with Gasteiger partial charge in [-0.3, -0.25) is 14.9 Å². The van der Waals surface area contributed by atoms with E-state index in [1.807, 2.05) is 48.5 Å². The molecule has 0 spiro atoms. The SMILES string of the molecule is O=C(Nc1nonc1C(=O)N1CCC[C@H](C(=O)O)C1)OCC1c2ccccc2-c2ccccc21. The number of carboxylic acid groups (broad SMARTS) is 1. The second kappa shape index (κ2) is 8.97. The zero-order valence-electron chi connectivity index (χ0n) is 18.1. The summed E-state index contributed by atoms with van der Waals surface area (Å²) in [6.07, 6.45) is 0.262. The van der Waals surface area contributed by atoms with Crippen LogP contribution in [0.25, 0.3) is 11.1 Å². The van der Waals surface area contributed by atoms with Crippen LogP contribution in [-0.2, 0) is 9.53 Å². The molecule has 1 atom stereocenters. The molecule has 34 heavy (non-hydrogen) atoms. The van der Waals surface area contributed by atoms with Gasteiger partial charge in [0.25, 0.3) is 5.91 Å². The summed E-state index contributed by atoms with van der Waals surface area (Å²) in [4.78, 5) is 38.1. The quantitative estimate of drug-likeness (QED) is 0.589. The van der Waals surface area contributed by atoms with E-state index in [2.05, 4.69) is 20.3 Å². The van der Waals surface area contributed by atoms with E-state index in [0.717, 1.165) is 22.3 Å². The van der Waals surface area contributed by atoms with Crippen molar-refractivity contribution in [3.8, 4) is 11.1 Å². The summed E-state index contributed by atoms with van der Waals surface area (Å²) in [7, 11) is 0. The number of ether oxygens (including phenoxy) is 1. The molecular formula is C24H22N4O6. The van der Waals surface area contributed by atoms with Crippen LogP contribution in [0.4, 0.5) is 10.6 Å². The molecule has 2 amide bonds. The number of carbonyl (C=O) groups is 3. The lowest BCUT2D eigenvalue weighted by atomic mass is 9.98. The summed E-state index contributed by atoms with van der Waals surface area (Å²) in [6.45, 7) is 0.548. The first-order chi connectivity index (χ1) is 16.5. The molecular weight excluding hydrogens is 440 g/mol. The minimum absolute atomic E-state index is 0.0609. The van der Waals surface area contributed by atoms with Gasteiger partial charge < -0.3 is 14.7 Å². The van der Waals surface area contributed by atoms with Crippen molar-refractivity contribution < 1.29 is 28.9 Å². The van der Waals surface area contributed by atoms with Crippen molar-refractivity contribution in [1.29, 1.82) is 0 Å². The number of aromatic nitrogens is 2. The van der Waals surface area contributed by atoms with Crippen LogP contribution >= 0.6 is 0 Å². The molecule has 1 fully saturated rings. The first-order valence-electron chi connectivity index (χ1n) is 11.0. The Balaban J connectivity index is 1.25. The van der Waals surface area contributed by atoms with Crippen molar-refractivity contribution in [2.24, 2.45) is 5.92 Å². The maximum absolute atomic E-state index is 12.9. The van der Waals surface area contributed by atoms with Gasteiger partial charge >= 0.3 is 12.1 Å². The smallest absolute Gasteiger partial charge is 0.412 e. The van der Waals surface area contributed by atoms with Gasteiger partial charge in [-0.1, -0.05) is 48.5 Å². The lowest BCUT2D eigenvalue weighted by Gasteiger charge is -2.30. The van der Waals surface area contributed by atoms with Crippen molar-refractivity contribution >= 4 is 23.8 Å². The van der Waals surface area contributed by atoms with Gasteiger partial charge in [-0.05, 0) is 45.4 Å². The number of hydrogen-bond acceptors (Lipinski definition) is 7. The molecule has 5 rings (SSSR count). The highest BCUT2D eigenvalue weighted by molar-refractivity contribution is 5.99. The summed E-state index contributed by atoms with van der Waals surface area (Å²) in [5.74, 6) is -2.43. The van der Waals surface area contributed by atoms with Crippen LogP contribution in [-0.4, -0.2) is 58.0 Å². The highest BCUT2D eigenvalue weighted by Gasteiger charge is 2.33. The molecule has 0 saturated carbocycles. The van der Waals surface area contributed by atoms with E-state index < -0.39 is 23.9 Å². The third-order valence-electron chi connectivity index (χ3n) is 6.31. The van der Waals surface area contributed by atoms with Gasteiger partial charge in [-0.15, -0.1) is 0 Å². The Morgan fingerprint density at radius 2 is 1.74 bits per heavy atom. The van der Waals surface area contributed by atoms with Crippen molar-refractivity contribution in [2.75, 3.05) is 25.0 Å². The standard InChI is InChI=1S/C24H22N4O6/c29-22(28-11-5-6-14(12-28)23(30)31)20-21(27-34-26-20)25-24(32)33-13-19-17-9-3-1-7-15(17)16-8-2-4-10-18(16)19/h1-4,7-10,14,19H,5-6,11-13H2,(H,30,31)(H,25,27,32)/t14-/m0/s1. The molecule has 0 radical (unpaired) electrons. The van der Waals surface area contributed by atoms with Crippen LogP contribution in [0, 0.1) is 5.92 Å². The fourth-order valence-corrected chi connectivity index (χ4v) is 4.66. The average Bonchev–Trinajstić information content (AvgIpc) is 3.44. The average molecular weight is 462 g/mol. The number of carbonyl (C=O) groups excluding carboxylic acids is 2. The molecule has 1 saturated heterocycles. The lowest BCUT2D eigenvalue weighted by Crippen LogP contribution is -2.42. The second-order valence-corrected chi connectivity index (χ2v) is 8.34. The van der Waals surface area contributed by atoms with Crippen LogP contribution in [0.3, 0.4) is 0 Å². The Hall–Kier alpha value is -4.21. The minimum Gasteiger partial charge on any atom is -0.481 e. The zero-order valence-corrected chi connectivity index (χ0v) is 18.1. The first kappa shape index (κ1) is 21.6. The van der Waals surface area contributed by atoms with Crippen molar-refractivity contribution in [2.45, 2.75) is 18.8 Å². The molecule has 2 aliphatic rings. The third-order valence-corrected chi connectivity index (χ3v) is 6.31. The molecule has 3 aromatic rings. The van der Waals surface area contributed by atoms with E-state index in [1.165, 1.54) is 4.90 Å². The molecule has 2 N–H and O–H groups in total. The van der Waals surface area contributed by atoms with E-state index in [9.17, 15) is 19.5 Å². The van der Waals surface area contributed by atoms with E-state index in [-0.39, 0.29) is 30.6 Å². The molecule has 1 aliphatic carbocycles. The number of piperidine rings is 1. The van der Waals surface area contributed by atoms with Crippen molar-refractivity contribution in [1.82, 2.24) is 15.2 Å². The van der Waals surface area contributed by atoms with Crippen molar-refractivity contribution in [3.05, 3.63) is 65.4 Å². The molecule has 10 heteroatoms. The monoisotopic (exact) mass is 462 g/mol. The number of amides is 2. The first-order valence-corrected chi connectivity index (χ1v) is 11.0. The Kier molecular flexibility index (Phi) is 5.70. The fourth-order valence-electron chi connectivity index (χ4n) is 4.66. The predicted molar refractivity (Wildman–Crippen MR) is 119 cm³/mol. The highest BCUT2D eigenvalue weighted by atomic mass is 16.6. The largest absolute Gasteiger partial charge is 0.481 e. The van der Waals surface area contributed by atoms with E-state index in [4.69, 9.17) is 4.74 Å². The number of aliphatic carboxylic acids is 1. The number of fused-ring (bicyclic) bond motifs is 3. The molecule has 0 unspecified atom stereocenters. The predicted octanol–water partition coefficient (Wildman–Crippen LogP) is 3.37. The number of hydrogen-bond donors (Lipinski definition) is 2. The fraction of sp³-hybridized carbons (Fsp3) is 0.292. The Morgan fingerprint density at radius 3 is 2.41 bits per heavy atom. The van der Waals surface area contributed by atoms with Crippen LogP contribution in [0.5, 0.6) is 0 Å². The number of nitrogens with one attached hydrogen (secondary N) is 1. The van der Waals surface area contributed by atoms with Gasteiger partial charge in [0.15, 0.2) is 0 Å². The number of rotatable bonds is 5. The third kappa shape index (κ3) is 3.98. The Labute approximate surface area is 194 Å². The van der Waals surface area contributed by atoms with Crippen LogP contribution in [0.15, 0.2) is 53.2 Å². The number of carboxylic acids is 1. The van der Waals surface area contributed by atoms with Gasteiger partial charge in [-0.2, -0.15) is 0 Å². The number of likely N-dealkylation sites (tertiary alicyclic amines) is 1. The van der Waals surface area contributed by atoms with Crippen LogP contribution < -0.4 is 5.32 Å². The summed E-state index contributed by atoms with van der Waals surface area (Å²) < 4.78 is 10.1. The molecule has 10 nitrogen and oxygen atoms in total. The number of anilines is 1. The molecule has 2 heterocycles. The minimum atomic E-state index is -0.951. The maximum atomic E-state index is 12.9. The number of nitrogens with zero attached hydrogens (tertiary/aromatic N) is 3. The van der Waals surface area contributed by atoms with Gasteiger partial charge in [0.1, 0.15) is 6.61 Å². The normalized spacial score (nSPS) is 17.1. The van der Waals surface area contributed by atoms with Gasteiger partial charge in [-0.25, -0.2) is 9.42 Å². The lowest BCUT2D eigenvalue weighted by molar-refractivity contribution is -0.143. The number of benzene rings is 2. The van der Waals surface area contributed by atoms with Crippen LogP contribution in [0.1, 0.15) is 40.4 Å². The second-order valence-electron chi connectivity index (χ2n) is 8.34. The zero-order chi connectivity index (χ0) is 23.7. The van der Waals surface area contributed by atoms with Crippen molar-refractivity contribution in [3.63, 3.8) is 0 Å². The maximum Gasteiger partial charge on any atom is 0.412 e. The van der Waals surface area contributed by atoms with E-state index in [1.54, 1.807) is 0 Å². The summed E-state index contributed by atoms with van der Waals surface area (Å²) in [5, 5.41) is 18.9. The van der Waals surface area contributed by atoms with Gasteiger partial charge in [0, 0.05) is 19.0 Å². The van der Waals surface area contributed by atoms with E-state index in [0.29, 0.717) is 19.4 Å².